The first kappa shape index (κ1) is 15.6. The van der Waals surface area contributed by atoms with Crippen molar-refractivity contribution in [1.29, 1.82) is 0 Å². The summed E-state index contributed by atoms with van der Waals surface area (Å²) in [5, 5.41) is 12.2. The molecule has 120 valence electrons. The Kier molecular flexibility index (Phi) is 4.12. The number of carbonyl (C=O) groups is 2. The van der Waals surface area contributed by atoms with Gasteiger partial charge in [-0.25, -0.2) is 0 Å². The number of rotatable bonds is 3. The van der Waals surface area contributed by atoms with E-state index in [4.69, 9.17) is 0 Å². The molecular formula is C16H18N4O2S. The van der Waals surface area contributed by atoms with Gasteiger partial charge in [0.05, 0.1) is 0 Å². The minimum atomic E-state index is -0.208. The summed E-state index contributed by atoms with van der Waals surface area (Å²) in [7, 11) is 0. The van der Waals surface area contributed by atoms with Crippen LogP contribution in [-0.2, 0) is 11.2 Å². The van der Waals surface area contributed by atoms with Gasteiger partial charge in [-0.3, -0.25) is 14.9 Å². The van der Waals surface area contributed by atoms with Gasteiger partial charge in [0.25, 0.3) is 5.91 Å². The standard InChI is InChI=1S/C16H18N4O2S/c1-9(2)15-18-19-16(23-15)17-14(22)12-4-5-13-11(8-12)6-7-20(13)10(3)21/h4-5,8-9H,6-7H2,1-3H3,(H,17,19,22). The van der Waals surface area contributed by atoms with Crippen LogP contribution in [0.4, 0.5) is 10.8 Å². The lowest BCUT2D eigenvalue weighted by atomic mass is 10.1. The minimum absolute atomic E-state index is 0.0241. The molecule has 1 aliphatic heterocycles. The van der Waals surface area contributed by atoms with Gasteiger partial charge in [-0.15, -0.1) is 10.2 Å². The predicted molar refractivity (Wildman–Crippen MR) is 90.1 cm³/mol. The summed E-state index contributed by atoms with van der Waals surface area (Å²) in [5.74, 6) is 0.104. The third kappa shape index (κ3) is 3.10. The lowest BCUT2D eigenvalue weighted by Gasteiger charge is -2.14. The van der Waals surface area contributed by atoms with Gasteiger partial charge in [0, 0.05) is 30.6 Å². The minimum Gasteiger partial charge on any atom is -0.312 e. The highest BCUT2D eigenvalue weighted by molar-refractivity contribution is 7.15. The van der Waals surface area contributed by atoms with E-state index in [1.165, 1.54) is 11.3 Å². The molecule has 1 aromatic heterocycles. The van der Waals surface area contributed by atoms with Crippen molar-refractivity contribution in [3.63, 3.8) is 0 Å². The molecule has 6 nitrogen and oxygen atoms in total. The van der Waals surface area contributed by atoms with Gasteiger partial charge in [0.15, 0.2) is 0 Å². The molecule has 0 spiro atoms. The van der Waals surface area contributed by atoms with Crippen molar-refractivity contribution < 1.29 is 9.59 Å². The zero-order chi connectivity index (χ0) is 16.6. The third-order valence-corrected chi connectivity index (χ3v) is 4.91. The van der Waals surface area contributed by atoms with Crippen LogP contribution in [0, 0.1) is 0 Å². The number of hydrogen-bond acceptors (Lipinski definition) is 5. The normalized spacial score (nSPS) is 13.3. The van der Waals surface area contributed by atoms with Crippen molar-refractivity contribution in [3.05, 3.63) is 34.3 Å². The number of amides is 2. The molecule has 1 aliphatic rings. The van der Waals surface area contributed by atoms with Gasteiger partial charge in [-0.2, -0.15) is 0 Å². The number of fused-ring (bicyclic) bond motifs is 1. The van der Waals surface area contributed by atoms with Crippen molar-refractivity contribution in [2.75, 3.05) is 16.8 Å². The maximum atomic E-state index is 12.4. The number of carbonyl (C=O) groups excluding carboxylic acids is 2. The maximum Gasteiger partial charge on any atom is 0.257 e. The van der Waals surface area contributed by atoms with Crippen LogP contribution in [-0.4, -0.2) is 28.6 Å². The van der Waals surface area contributed by atoms with Crippen molar-refractivity contribution in [3.8, 4) is 0 Å². The van der Waals surface area contributed by atoms with E-state index in [0.29, 0.717) is 17.2 Å². The van der Waals surface area contributed by atoms with Crippen LogP contribution in [0.2, 0.25) is 0 Å². The molecule has 0 unspecified atom stereocenters. The van der Waals surface area contributed by atoms with E-state index in [-0.39, 0.29) is 17.7 Å². The van der Waals surface area contributed by atoms with Crippen LogP contribution >= 0.6 is 11.3 Å². The number of nitrogens with one attached hydrogen (secondary N) is 1. The number of aromatic nitrogens is 2. The van der Waals surface area contributed by atoms with Crippen LogP contribution in [0.15, 0.2) is 18.2 Å². The molecule has 0 saturated carbocycles. The molecule has 0 radical (unpaired) electrons. The largest absolute Gasteiger partial charge is 0.312 e. The summed E-state index contributed by atoms with van der Waals surface area (Å²) in [6.07, 6.45) is 0.770. The lowest BCUT2D eigenvalue weighted by molar-refractivity contribution is -0.116. The summed E-state index contributed by atoms with van der Waals surface area (Å²) in [4.78, 5) is 25.6. The molecule has 0 atom stereocenters. The molecule has 23 heavy (non-hydrogen) atoms. The van der Waals surface area contributed by atoms with Crippen molar-refractivity contribution in [2.45, 2.75) is 33.1 Å². The topological polar surface area (TPSA) is 75.2 Å². The van der Waals surface area contributed by atoms with Crippen LogP contribution in [0.5, 0.6) is 0 Å². The zero-order valence-electron chi connectivity index (χ0n) is 13.3. The summed E-state index contributed by atoms with van der Waals surface area (Å²) in [6, 6.07) is 5.41. The Morgan fingerprint density at radius 1 is 1.30 bits per heavy atom. The number of anilines is 2. The Labute approximate surface area is 138 Å². The second-order valence-electron chi connectivity index (χ2n) is 5.82. The Hall–Kier alpha value is -2.28. The molecule has 0 bridgehead atoms. The first-order chi connectivity index (χ1) is 11.0. The summed E-state index contributed by atoms with van der Waals surface area (Å²) < 4.78 is 0. The lowest BCUT2D eigenvalue weighted by Crippen LogP contribution is -2.25. The zero-order valence-corrected chi connectivity index (χ0v) is 14.1. The van der Waals surface area contributed by atoms with E-state index in [2.05, 4.69) is 15.5 Å². The van der Waals surface area contributed by atoms with E-state index in [9.17, 15) is 9.59 Å². The van der Waals surface area contributed by atoms with Gasteiger partial charge in [0.2, 0.25) is 11.0 Å². The monoisotopic (exact) mass is 330 g/mol. The first-order valence-electron chi connectivity index (χ1n) is 7.51. The third-order valence-electron chi connectivity index (χ3n) is 3.77. The van der Waals surface area contributed by atoms with Crippen LogP contribution < -0.4 is 10.2 Å². The molecule has 0 fully saturated rings. The fraction of sp³-hybridized carbons (Fsp3) is 0.375. The molecular weight excluding hydrogens is 312 g/mol. The second kappa shape index (κ2) is 6.08. The fourth-order valence-corrected chi connectivity index (χ4v) is 3.30. The van der Waals surface area contributed by atoms with Crippen molar-refractivity contribution >= 4 is 34.0 Å². The second-order valence-corrected chi connectivity index (χ2v) is 6.83. The van der Waals surface area contributed by atoms with Gasteiger partial charge in [-0.1, -0.05) is 25.2 Å². The maximum absolute atomic E-state index is 12.4. The highest BCUT2D eigenvalue weighted by atomic mass is 32.1. The molecule has 0 saturated heterocycles. The first-order valence-corrected chi connectivity index (χ1v) is 8.33. The number of hydrogen-bond donors (Lipinski definition) is 1. The average Bonchev–Trinajstić information content (AvgIpc) is 3.12. The highest BCUT2D eigenvalue weighted by Crippen LogP contribution is 2.29. The Balaban J connectivity index is 1.77. The molecule has 2 aromatic rings. The van der Waals surface area contributed by atoms with E-state index >= 15 is 0 Å². The number of nitrogens with zero attached hydrogens (tertiary/aromatic N) is 3. The van der Waals surface area contributed by atoms with Gasteiger partial charge in [0.1, 0.15) is 5.01 Å². The quantitative estimate of drug-likeness (QED) is 0.939. The Bertz CT molecular complexity index is 769. The molecule has 7 heteroatoms. The van der Waals surface area contributed by atoms with E-state index < -0.39 is 0 Å². The van der Waals surface area contributed by atoms with Crippen LogP contribution in [0.1, 0.15) is 47.6 Å². The molecule has 2 heterocycles. The summed E-state index contributed by atoms with van der Waals surface area (Å²) >= 11 is 1.39. The van der Waals surface area contributed by atoms with Gasteiger partial charge >= 0.3 is 0 Å². The molecule has 3 rings (SSSR count). The van der Waals surface area contributed by atoms with E-state index in [1.54, 1.807) is 17.9 Å². The highest BCUT2D eigenvalue weighted by Gasteiger charge is 2.23. The number of benzene rings is 1. The predicted octanol–water partition coefficient (Wildman–Crippen LogP) is 2.82. The van der Waals surface area contributed by atoms with Crippen molar-refractivity contribution in [1.82, 2.24) is 10.2 Å². The molecule has 0 aliphatic carbocycles. The molecule has 1 aromatic carbocycles. The Morgan fingerprint density at radius 2 is 2.09 bits per heavy atom. The smallest absolute Gasteiger partial charge is 0.257 e. The van der Waals surface area contributed by atoms with Crippen LogP contribution in [0.3, 0.4) is 0 Å². The fourth-order valence-electron chi connectivity index (χ4n) is 2.56. The van der Waals surface area contributed by atoms with Gasteiger partial charge < -0.3 is 4.90 Å². The Morgan fingerprint density at radius 3 is 2.74 bits per heavy atom. The van der Waals surface area contributed by atoms with E-state index in [1.807, 2.05) is 26.0 Å². The van der Waals surface area contributed by atoms with Crippen molar-refractivity contribution in [2.24, 2.45) is 0 Å². The average molecular weight is 330 g/mol. The van der Waals surface area contributed by atoms with E-state index in [0.717, 1.165) is 22.7 Å². The summed E-state index contributed by atoms with van der Waals surface area (Å²) in [6.45, 7) is 6.29. The van der Waals surface area contributed by atoms with Gasteiger partial charge in [-0.05, 0) is 30.2 Å². The SMILES string of the molecule is CC(=O)N1CCc2cc(C(=O)Nc3nnc(C(C)C)s3)ccc21. The molecule has 1 N–H and O–H groups in total. The molecule has 2 amide bonds. The van der Waals surface area contributed by atoms with Crippen LogP contribution in [0.25, 0.3) is 0 Å². The summed E-state index contributed by atoms with van der Waals surface area (Å²) in [5.41, 5.74) is 2.48.